The first-order chi connectivity index (χ1) is 17.5. The second-order valence-corrected chi connectivity index (χ2v) is 10.7. The van der Waals surface area contributed by atoms with E-state index in [-0.39, 0.29) is 10.8 Å². The summed E-state index contributed by atoms with van der Waals surface area (Å²) in [5.74, 6) is 1.86. The highest BCUT2D eigenvalue weighted by molar-refractivity contribution is 5.93. The van der Waals surface area contributed by atoms with Crippen LogP contribution >= 0.6 is 0 Å². The Hall–Kier alpha value is -4.10. The van der Waals surface area contributed by atoms with Crippen molar-refractivity contribution in [3.8, 4) is 33.8 Å². The van der Waals surface area contributed by atoms with Gasteiger partial charge in [0.15, 0.2) is 0 Å². The average molecular weight is 465 g/mol. The van der Waals surface area contributed by atoms with Gasteiger partial charge < -0.3 is 4.74 Å². The Morgan fingerprint density at radius 2 is 1.14 bits per heavy atom. The Bertz CT molecular complexity index is 1640. The number of ether oxygens (including phenoxy) is 1. The molecule has 0 amide bonds. The van der Waals surface area contributed by atoms with Gasteiger partial charge in [-0.05, 0) is 64.1 Å². The van der Waals surface area contributed by atoms with Crippen molar-refractivity contribution in [2.45, 2.75) is 31.6 Å². The lowest BCUT2D eigenvalue weighted by Crippen LogP contribution is -2.29. The van der Waals surface area contributed by atoms with Gasteiger partial charge in [0.1, 0.15) is 11.5 Å². The van der Waals surface area contributed by atoms with E-state index in [1.54, 1.807) is 0 Å². The van der Waals surface area contributed by atoms with Crippen LogP contribution in [0.1, 0.15) is 48.6 Å². The van der Waals surface area contributed by atoms with Crippen LogP contribution in [0.25, 0.3) is 22.3 Å². The highest BCUT2D eigenvalue weighted by atomic mass is 16.5. The maximum atomic E-state index is 6.47. The molecule has 1 aliphatic carbocycles. The monoisotopic (exact) mass is 464 g/mol. The Morgan fingerprint density at radius 3 is 1.97 bits per heavy atom. The first-order valence-corrected chi connectivity index (χ1v) is 12.7. The molecule has 0 aromatic heterocycles. The number of benzene rings is 5. The minimum absolute atomic E-state index is 0.0171. The first-order valence-electron chi connectivity index (χ1n) is 12.7. The molecule has 0 saturated heterocycles. The molecule has 0 bridgehead atoms. The van der Waals surface area contributed by atoms with Crippen LogP contribution in [0.15, 0.2) is 115 Å². The number of fused-ring (bicyclic) bond motifs is 5. The van der Waals surface area contributed by atoms with Crippen molar-refractivity contribution >= 4 is 0 Å². The van der Waals surface area contributed by atoms with Crippen molar-refractivity contribution in [1.29, 1.82) is 0 Å². The summed E-state index contributed by atoms with van der Waals surface area (Å²) in [5.41, 5.74) is 11.3. The number of rotatable bonds is 2. The lowest BCUT2D eigenvalue weighted by Gasteiger charge is -2.38. The van der Waals surface area contributed by atoms with Gasteiger partial charge in [-0.2, -0.15) is 0 Å². The van der Waals surface area contributed by atoms with Gasteiger partial charge in [0.25, 0.3) is 0 Å². The van der Waals surface area contributed by atoms with Crippen LogP contribution in [0.4, 0.5) is 0 Å². The van der Waals surface area contributed by atoms with E-state index >= 15 is 0 Å². The maximum absolute atomic E-state index is 6.47. The third-order valence-electron chi connectivity index (χ3n) is 8.43. The van der Waals surface area contributed by atoms with Crippen molar-refractivity contribution < 1.29 is 4.74 Å². The van der Waals surface area contributed by atoms with E-state index in [0.29, 0.717) is 0 Å². The molecule has 1 unspecified atom stereocenters. The summed E-state index contributed by atoms with van der Waals surface area (Å²) in [5, 5.41) is 0. The molecule has 0 radical (unpaired) electrons. The molecular formula is C35H28O. The van der Waals surface area contributed by atoms with E-state index in [1.165, 1.54) is 50.1 Å². The van der Waals surface area contributed by atoms with Crippen LogP contribution in [0, 0.1) is 0 Å². The van der Waals surface area contributed by atoms with Crippen molar-refractivity contribution in [1.82, 2.24) is 0 Å². The fourth-order valence-electron chi connectivity index (χ4n) is 6.49. The van der Waals surface area contributed by atoms with Crippen LogP contribution in [0.3, 0.4) is 0 Å². The second-order valence-electron chi connectivity index (χ2n) is 10.7. The predicted octanol–water partition coefficient (Wildman–Crippen LogP) is 9.12. The SMILES string of the molecule is CC1(C)c2ccccc2-c2c(-c3ccc4c(c3)C(C)(c3ccccc3)c3ccccc3O4)cccc21. The van der Waals surface area contributed by atoms with Crippen molar-refractivity contribution in [3.63, 3.8) is 0 Å². The molecule has 1 aliphatic heterocycles. The summed E-state index contributed by atoms with van der Waals surface area (Å²) < 4.78 is 6.47. The molecule has 36 heavy (non-hydrogen) atoms. The van der Waals surface area contributed by atoms with E-state index < -0.39 is 0 Å². The molecule has 0 fully saturated rings. The molecule has 7 rings (SSSR count). The van der Waals surface area contributed by atoms with E-state index in [1.807, 2.05) is 0 Å². The van der Waals surface area contributed by atoms with Crippen molar-refractivity contribution in [2.24, 2.45) is 0 Å². The summed E-state index contributed by atoms with van der Waals surface area (Å²) in [7, 11) is 0. The zero-order valence-electron chi connectivity index (χ0n) is 20.9. The predicted molar refractivity (Wildman–Crippen MR) is 148 cm³/mol. The van der Waals surface area contributed by atoms with Gasteiger partial charge in [-0.1, -0.05) is 111 Å². The summed E-state index contributed by atoms with van der Waals surface area (Å²) in [6.07, 6.45) is 0. The Labute approximate surface area is 213 Å². The van der Waals surface area contributed by atoms with Crippen molar-refractivity contribution in [3.05, 3.63) is 143 Å². The highest BCUT2D eigenvalue weighted by Crippen LogP contribution is 2.55. The number of hydrogen-bond donors (Lipinski definition) is 0. The van der Waals surface area contributed by atoms with Crippen LogP contribution in [0.5, 0.6) is 11.5 Å². The molecule has 5 aromatic carbocycles. The second kappa shape index (κ2) is 7.45. The molecule has 1 nitrogen and oxygen atoms in total. The maximum Gasteiger partial charge on any atom is 0.131 e. The fourth-order valence-corrected chi connectivity index (χ4v) is 6.49. The minimum atomic E-state index is -0.323. The van der Waals surface area contributed by atoms with Crippen LogP contribution in [0.2, 0.25) is 0 Å². The Morgan fingerprint density at radius 1 is 0.500 bits per heavy atom. The van der Waals surface area contributed by atoms with Crippen LogP contribution < -0.4 is 4.74 Å². The molecule has 0 saturated carbocycles. The molecule has 5 aromatic rings. The molecule has 1 atom stereocenters. The lowest BCUT2D eigenvalue weighted by molar-refractivity contribution is 0.427. The zero-order chi connectivity index (χ0) is 24.5. The topological polar surface area (TPSA) is 9.23 Å². The summed E-state index contributed by atoms with van der Waals surface area (Å²) >= 11 is 0. The summed E-state index contributed by atoms with van der Waals surface area (Å²) in [6.45, 7) is 7.01. The van der Waals surface area contributed by atoms with Gasteiger partial charge in [0.2, 0.25) is 0 Å². The minimum Gasteiger partial charge on any atom is -0.457 e. The third-order valence-corrected chi connectivity index (χ3v) is 8.43. The van der Waals surface area contributed by atoms with E-state index in [9.17, 15) is 0 Å². The van der Waals surface area contributed by atoms with Gasteiger partial charge in [-0.25, -0.2) is 0 Å². The standard InChI is InChI=1S/C35H28O/c1-34(2)27-16-8-7-14-26(27)33-25(15-11-18-29(33)34)23-20-21-32-30(22-23)35(3,24-12-5-4-6-13-24)28-17-9-10-19-31(28)36-32/h4-22H,1-3H3. The molecule has 174 valence electrons. The highest BCUT2D eigenvalue weighted by Gasteiger charge is 2.41. The largest absolute Gasteiger partial charge is 0.457 e. The molecule has 2 aliphatic rings. The molecule has 0 N–H and O–H groups in total. The number of para-hydroxylation sites is 1. The van der Waals surface area contributed by atoms with Crippen LogP contribution in [-0.4, -0.2) is 0 Å². The fraction of sp³-hybridized carbons (Fsp3) is 0.143. The van der Waals surface area contributed by atoms with E-state index in [2.05, 4.69) is 136 Å². The summed E-state index contributed by atoms with van der Waals surface area (Å²) in [6, 6.07) is 41.7. The molecular weight excluding hydrogens is 436 g/mol. The van der Waals surface area contributed by atoms with E-state index in [4.69, 9.17) is 4.74 Å². The van der Waals surface area contributed by atoms with Gasteiger partial charge in [0.05, 0.1) is 0 Å². The van der Waals surface area contributed by atoms with Crippen molar-refractivity contribution in [2.75, 3.05) is 0 Å². The van der Waals surface area contributed by atoms with E-state index in [0.717, 1.165) is 11.5 Å². The molecule has 1 heteroatoms. The Kier molecular flexibility index (Phi) is 4.39. The van der Waals surface area contributed by atoms with Gasteiger partial charge >= 0.3 is 0 Å². The number of hydrogen-bond acceptors (Lipinski definition) is 1. The van der Waals surface area contributed by atoms with Gasteiger partial charge in [-0.15, -0.1) is 0 Å². The zero-order valence-corrected chi connectivity index (χ0v) is 20.9. The molecule has 1 heterocycles. The smallest absolute Gasteiger partial charge is 0.131 e. The first kappa shape index (κ1) is 21.2. The molecule has 0 spiro atoms. The quantitative estimate of drug-likeness (QED) is 0.253. The average Bonchev–Trinajstić information content (AvgIpc) is 3.16. The van der Waals surface area contributed by atoms with Crippen LogP contribution in [-0.2, 0) is 10.8 Å². The van der Waals surface area contributed by atoms with Gasteiger partial charge in [0, 0.05) is 22.0 Å². The lowest BCUT2D eigenvalue weighted by atomic mass is 9.69. The van der Waals surface area contributed by atoms with Gasteiger partial charge in [-0.3, -0.25) is 0 Å². The Balaban J connectivity index is 1.49. The third kappa shape index (κ3) is 2.77. The summed E-state index contributed by atoms with van der Waals surface area (Å²) in [4.78, 5) is 0. The normalized spacial score (nSPS) is 18.4.